The molecule has 0 saturated heterocycles. The number of hydrogen-bond donors (Lipinski definition) is 0. The van der Waals surface area contributed by atoms with Gasteiger partial charge in [0.05, 0.1) is 0 Å². The fourth-order valence-corrected chi connectivity index (χ4v) is 5.21. The van der Waals surface area contributed by atoms with Gasteiger partial charge in [-0.1, -0.05) is 57.0 Å². The molecule has 0 saturated carbocycles. The fourth-order valence-electron chi connectivity index (χ4n) is 2.42. The topological polar surface area (TPSA) is 9.23 Å². The Labute approximate surface area is 119 Å². The zero-order chi connectivity index (χ0) is 14.1. The molecule has 1 aromatic rings. The second kappa shape index (κ2) is 8.19. The molecule has 2 heteroatoms. The minimum absolute atomic E-state index is 0.0216. The van der Waals surface area contributed by atoms with Crippen molar-refractivity contribution in [2.45, 2.75) is 57.8 Å². The molecule has 0 radical (unpaired) electrons. The summed E-state index contributed by atoms with van der Waals surface area (Å²) in [5.41, 5.74) is 1.34. The van der Waals surface area contributed by atoms with Crippen LogP contribution in [0.25, 0.3) is 0 Å². The van der Waals surface area contributed by atoms with Crippen molar-refractivity contribution in [3.8, 4) is 12.3 Å². The average Bonchev–Trinajstić information content (AvgIpc) is 2.49. The fraction of sp³-hybridized carbons (Fsp3) is 0.529. The van der Waals surface area contributed by atoms with Gasteiger partial charge in [-0.15, -0.1) is 6.42 Å². The van der Waals surface area contributed by atoms with Gasteiger partial charge in [0.2, 0.25) is 0 Å². The number of benzene rings is 1. The molecule has 0 aliphatic carbocycles. The van der Waals surface area contributed by atoms with Crippen molar-refractivity contribution in [2.75, 3.05) is 0 Å². The Kier molecular flexibility index (Phi) is 6.90. The zero-order valence-electron chi connectivity index (χ0n) is 12.5. The molecule has 1 rings (SSSR count). The highest BCUT2D eigenvalue weighted by molar-refractivity contribution is 6.73. The van der Waals surface area contributed by atoms with Gasteiger partial charge in [0, 0.05) is 0 Å². The third-order valence-electron chi connectivity index (χ3n) is 4.05. The second-order valence-corrected chi connectivity index (χ2v) is 9.76. The Morgan fingerprint density at radius 1 is 1.11 bits per heavy atom. The van der Waals surface area contributed by atoms with E-state index in [0.717, 1.165) is 31.0 Å². The molecule has 0 aliphatic rings. The van der Waals surface area contributed by atoms with E-state index < -0.39 is 8.32 Å². The lowest BCUT2D eigenvalue weighted by Gasteiger charge is -2.31. The Hall–Kier alpha value is -1.04. The van der Waals surface area contributed by atoms with Crippen LogP contribution in [-0.2, 0) is 10.8 Å². The van der Waals surface area contributed by atoms with Gasteiger partial charge in [0.25, 0.3) is 0 Å². The molecule has 0 heterocycles. The van der Waals surface area contributed by atoms with Crippen LogP contribution in [0.15, 0.2) is 30.3 Å². The molecule has 0 aliphatic heterocycles. The molecular formula is C17H26OSi. The second-order valence-electron chi connectivity index (χ2n) is 5.04. The van der Waals surface area contributed by atoms with Gasteiger partial charge in [-0.3, -0.25) is 0 Å². The predicted molar refractivity (Wildman–Crippen MR) is 85.7 cm³/mol. The van der Waals surface area contributed by atoms with Gasteiger partial charge >= 0.3 is 0 Å². The molecule has 1 nitrogen and oxygen atoms in total. The standard InChI is InChI=1S/C17H26OSi/c1-5-17(18-19(6-2,7-3)8-4)15-14-16-12-10-9-11-13-16/h1,9-13,17H,6-8,14-15H2,2-4H3/t17-/m1/s1. The van der Waals surface area contributed by atoms with Crippen molar-refractivity contribution in [1.82, 2.24) is 0 Å². The molecule has 104 valence electrons. The minimum Gasteiger partial charge on any atom is -0.403 e. The highest BCUT2D eigenvalue weighted by atomic mass is 28.4. The smallest absolute Gasteiger partial charge is 0.193 e. The maximum absolute atomic E-state index is 6.36. The molecule has 0 fully saturated rings. The van der Waals surface area contributed by atoms with Gasteiger partial charge in [-0.25, -0.2) is 0 Å². The average molecular weight is 274 g/mol. The first-order valence-corrected chi connectivity index (χ1v) is 9.90. The quantitative estimate of drug-likeness (QED) is 0.495. The van der Waals surface area contributed by atoms with Crippen molar-refractivity contribution in [3.63, 3.8) is 0 Å². The van der Waals surface area contributed by atoms with Gasteiger partial charge in [0.1, 0.15) is 6.10 Å². The Bertz CT molecular complexity index is 381. The van der Waals surface area contributed by atoms with Crippen molar-refractivity contribution in [1.29, 1.82) is 0 Å². The summed E-state index contributed by atoms with van der Waals surface area (Å²) in [6, 6.07) is 14.0. The number of aryl methyl sites for hydroxylation is 1. The van der Waals surface area contributed by atoms with Crippen LogP contribution < -0.4 is 0 Å². The van der Waals surface area contributed by atoms with Crippen LogP contribution in [0.4, 0.5) is 0 Å². The van der Waals surface area contributed by atoms with E-state index in [9.17, 15) is 0 Å². The molecule has 1 atom stereocenters. The van der Waals surface area contributed by atoms with Gasteiger partial charge in [-0.2, -0.15) is 0 Å². The minimum atomic E-state index is -1.58. The van der Waals surface area contributed by atoms with E-state index in [-0.39, 0.29) is 6.10 Å². The van der Waals surface area contributed by atoms with Gasteiger partial charge in [0.15, 0.2) is 8.32 Å². The Morgan fingerprint density at radius 3 is 2.16 bits per heavy atom. The van der Waals surface area contributed by atoms with Crippen LogP contribution in [0, 0.1) is 12.3 Å². The van der Waals surface area contributed by atoms with Crippen LogP contribution in [0.3, 0.4) is 0 Å². The molecule has 0 bridgehead atoms. The van der Waals surface area contributed by atoms with Crippen molar-refractivity contribution in [2.24, 2.45) is 0 Å². The van der Waals surface area contributed by atoms with E-state index in [1.165, 1.54) is 5.56 Å². The number of hydrogen-bond acceptors (Lipinski definition) is 1. The van der Waals surface area contributed by atoms with E-state index in [0.29, 0.717) is 0 Å². The first-order chi connectivity index (χ1) is 9.19. The number of terminal acetylenes is 1. The summed E-state index contributed by atoms with van der Waals surface area (Å²) in [4.78, 5) is 0. The monoisotopic (exact) mass is 274 g/mol. The van der Waals surface area contributed by atoms with Crippen molar-refractivity contribution in [3.05, 3.63) is 35.9 Å². The summed E-state index contributed by atoms with van der Waals surface area (Å²) >= 11 is 0. The largest absolute Gasteiger partial charge is 0.403 e. The first kappa shape index (κ1) is 16.0. The Balaban J connectivity index is 2.57. The van der Waals surface area contributed by atoms with Crippen LogP contribution in [0.5, 0.6) is 0 Å². The predicted octanol–water partition coefficient (Wildman–Crippen LogP) is 4.64. The van der Waals surface area contributed by atoms with Gasteiger partial charge < -0.3 is 4.43 Å². The molecular weight excluding hydrogens is 248 g/mol. The maximum atomic E-state index is 6.36. The molecule has 1 aromatic carbocycles. The zero-order valence-corrected chi connectivity index (χ0v) is 13.5. The third kappa shape index (κ3) is 4.85. The van der Waals surface area contributed by atoms with E-state index in [4.69, 9.17) is 10.8 Å². The van der Waals surface area contributed by atoms with E-state index >= 15 is 0 Å². The summed E-state index contributed by atoms with van der Waals surface area (Å²) < 4.78 is 6.36. The summed E-state index contributed by atoms with van der Waals surface area (Å²) in [7, 11) is -1.58. The molecule has 0 amide bonds. The first-order valence-electron chi connectivity index (χ1n) is 7.37. The lowest BCUT2D eigenvalue weighted by Crippen LogP contribution is -2.39. The summed E-state index contributed by atoms with van der Waals surface area (Å²) in [6.07, 6.45) is 7.56. The summed E-state index contributed by atoms with van der Waals surface area (Å²) in [5.74, 6) is 2.84. The van der Waals surface area contributed by atoms with Crippen molar-refractivity contribution >= 4 is 8.32 Å². The van der Waals surface area contributed by atoms with E-state index in [2.05, 4.69) is 51.0 Å². The molecule has 19 heavy (non-hydrogen) atoms. The molecule has 0 unspecified atom stereocenters. The summed E-state index contributed by atoms with van der Waals surface area (Å²) in [5, 5.41) is 0. The normalized spacial score (nSPS) is 12.9. The molecule has 0 N–H and O–H groups in total. The molecule has 0 spiro atoms. The van der Waals surface area contributed by atoms with E-state index in [1.54, 1.807) is 0 Å². The van der Waals surface area contributed by atoms with Crippen molar-refractivity contribution < 1.29 is 4.43 Å². The van der Waals surface area contributed by atoms with Crippen LogP contribution in [0.2, 0.25) is 18.1 Å². The maximum Gasteiger partial charge on any atom is 0.193 e. The summed E-state index contributed by atoms with van der Waals surface area (Å²) in [6.45, 7) is 6.72. The Morgan fingerprint density at radius 2 is 1.68 bits per heavy atom. The van der Waals surface area contributed by atoms with Crippen LogP contribution >= 0.6 is 0 Å². The van der Waals surface area contributed by atoms with Crippen LogP contribution in [-0.4, -0.2) is 14.4 Å². The number of rotatable bonds is 8. The lowest BCUT2D eigenvalue weighted by molar-refractivity contribution is 0.231. The SMILES string of the molecule is C#C[C@H](CCc1ccccc1)O[Si](CC)(CC)CC. The highest BCUT2D eigenvalue weighted by Crippen LogP contribution is 2.24. The lowest BCUT2D eigenvalue weighted by atomic mass is 10.1. The van der Waals surface area contributed by atoms with Crippen LogP contribution in [0.1, 0.15) is 32.8 Å². The molecule has 0 aromatic heterocycles. The highest BCUT2D eigenvalue weighted by Gasteiger charge is 2.31. The van der Waals surface area contributed by atoms with Gasteiger partial charge in [-0.05, 0) is 36.5 Å². The van der Waals surface area contributed by atoms with E-state index in [1.807, 2.05) is 6.07 Å². The third-order valence-corrected chi connectivity index (χ3v) is 8.70.